The molecule has 0 heterocycles. The van der Waals surface area contributed by atoms with Crippen LogP contribution in [0.3, 0.4) is 0 Å². The van der Waals surface area contributed by atoms with Gasteiger partial charge in [0.25, 0.3) is 0 Å². The van der Waals surface area contributed by atoms with Crippen LogP contribution in [0.25, 0.3) is 0 Å². The third-order valence-electron chi connectivity index (χ3n) is 2.50. The van der Waals surface area contributed by atoms with Gasteiger partial charge in [-0.25, -0.2) is 0 Å². The Morgan fingerprint density at radius 1 is 1.27 bits per heavy atom. The SMILES string of the molecule is CC(CN)CCCOCc1ccccc1. The lowest BCUT2D eigenvalue weighted by Crippen LogP contribution is -2.11. The maximum atomic E-state index is 5.57. The predicted molar refractivity (Wildman–Crippen MR) is 63.6 cm³/mol. The number of hydrogen-bond donors (Lipinski definition) is 1. The van der Waals surface area contributed by atoms with Crippen LogP contribution >= 0.6 is 0 Å². The van der Waals surface area contributed by atoms with Gasteiger partial charge in [0.15, 0.2) is 0 Å². The molecule has 0 saturated carbocycles. The van der Waals surface area contributed by atoms with E-state index in [4.69, 9.17) is 10.5 Å². The van der Waals surface area contributed by atoms with Crippen LogP contribution in [0.4, 0.5) is 0 Å². The van der Waals surface area contributed by atoms with Crippen molar-refractivity contribution < 1.29 is 4.74 Å². The Balaban J connectivity index is 2.03. The highest BCUT2D eigenvalue weighted by Crippen LogP contribution is 2.05. The fourth-order valence-electron chi connectivity index (χ4n) is 1.42. The Kier molecular flexibility index (Phi) is 6.05. The molecular weight excluding hydrogens is 186 g/mol. The van der Waals surface area contributed by atoms with Crippen molar-refractivity contribution in [1.82, 2.24) is 0 Å². The van der Waals surface area contributed by atoms with E-state index in [1.54, 1.807) is 0 Å². The maximum Gasteiger partial charge on any atom is 0.0716 e. The van der Waals surface area contributed by atoms with Gasteiger partial charge in [0.2, 0.25) is 0 Å². The van der Waals surface area contributed by atoms with E-state index < -0.39 is 0 Å². The van der Waals surface area contributed by atoms with Gasteiger partial charge in [-0.2, -0.15) is 0 Å². The Morgan fingerprint density at radius 3 is 2.67 bits per heavy atom. The van der Waals surface area contributed by atoms with Gasteiger partial charge >= 0.3 is 0 Å². The topological polar surface area (TPSA) is 35.2 Å². The summed E-state index contributed by atoms with van der Waals surface area (Å²) in [5.74, 6) is 0.616. The smallest absolute Gasteiger partial charge is 0.0716 e. The summed E-state index contributed by atoms with van der Waals surface area (Å²) in [5, 5.41) is 0. The van der Waals surface area contributed by atoms with E-state index in [2.05, 4.69) is 19.1 Å². The van der Waals surface area contributed by atoms with Crippen LogP contribution in [0.1, 0.15) is 25.3 Å². The monoisotopic (exact) mass is 207 g/mol. The van der Waals surface area contributed by atoms with Crippen LogP contribution in [0.2, 0.25) is 0 Å². The van der Waals surface area contributed by atoms with Gasteiger partial charge in [-0.05, 0) is 30.9 Å². The number of hydrogen-bond acceptors (Lipinski definition) is 2. The average Bonchev–Trinajstić information content (AvgIpc) is 2.29. The first kappa shape index (κ1) is 12.2. The van der Waals surface area contributed by atoms with Crippen molar-refractivity contribution in [2.75, 3.05) is 13.2 Å². The molecule has 2 heteroatoms. The minimum Gasteiger partial charge on any atom is -0.377 e. The lowest BCUT2D eigenvalue weighted by atomic mass is 10.1. The minimum atomic E-state index is 0.616. The number of rotatable bonds is 7. The van der Waals surface area contributed by atoms with E-state index >= 15 is 0 Å². The molecule has 0 radical (unpaired) electrons. The highest BCUT2D eigenvalue weighted by atomic mass is 16.5. The lowest BCUT2D eigenvalue weighted by Gasteiger charge is -2.08. The van der Waals surface area contributed by atoms with Crippen LogP contribution in [0.5, 0.6) is 0 Å². The molecule has 2 nitrogen and oxygen atoms in total. The molecule has 0 aliphatic heterocycles. The highest BCUT2D eigenvalue weighted by molar-refractivity contribution is 5.13. The summed E-state index contributed by atoms with van der Waals surface area (Å²) < 4.78 is 5.57. The normalized spacial score (nSPS) is 12.7. The standard InChI is InChI=1S/C13H21NO/c1-12(10-14)6-5-9-15-11-13-7-3-2-4-8-13/h2-4,7-8,12H,5-6,9-11,14H2,1H3. The molecule has 0 amide bonds. The molecule has 1 atom stereocenters. The molecule has 0 aliphatic rings. The van der Waals surface area contributed by atoms with Gasteiger partial charge in [0.1, 0.15) is 0 Å². The molecule has 1 unspecified atom stereocenters. The Labute approximate surface area is 92.4 Å². The molecule has 0 bridgehead atoms. The minimum absolute atomic E-state index is 0.616. The van der Waals surface area contributed by atoms with Crippen LogP contribution in [-0.4, -0.2) is 13.2 Å². The third-order valence-corrected chi connectivity index (χ3v) is 2.50. The molecule has 0 spiro atoms. The van der Waals surface area contributed by atoms with E-state index in [-0.39, 0.29) is 0 Å². The first-order valence-electron chi connectivity index (χ1n) is 5.64. The second kappa shape index (κ2) is 7.43. The van der Waals surface area contributed by atoms with Crippen LogP contribution < -0.4 is 5.73 Å². The molecule has 2 N–H and O–H groups in total. The molecule has 1 aromatic rings. The first-order chi connectivity index (χ1) is 7.33. The van der Waals surface area contributed by atoms with E-state index in [0.717, 1.165) is 32.6 Å². The zero-order valence-corrected chi connectivity index (χ0v) is 9.49. The maximum absolute atomic E-state index is 5.57. The number of nitrogens with two attached hydrogens (primary N) is 1. The molecule has 0 fully saturated rings. The second-order valence-electron chi connectivity index (χ2n) is 4.02. The summed E-state index contributed by atoms with van der Waals surface area (Å²) in [5.41, 5.74) is 6.78. The quantitative estimate of drug-likeness (QED) is 0.697. The molecule has 84 valence electrons. The van der Waals surface area contributed by atoms with E-state index in [1.807, 2.05) is 18.2 Å². The van der Waals surface area contributed by atoms with E-state index in [0.29, 0.717) is 5.92 Å². The van der Waals surface area contributed by atoms with Crippen molar-refractivity contribution >= 4 is 0 Å². The Bertz CT molecular complexity index is 248. The van der Waals surface area contributed by atoms with Gasteiger partial charge in [0, 0.05) is 6.61 Å². The van der Waals surface area contributed by atoms with Crippen molar-refractivity contribution in [3.63, 3.8) is 0 Å². The van der Waals surface area contributed by atoms with Gasteiger partial charge in [0.05, 0.1) is 6.61 Å². The van der Waals surface area contributed by atoms with Gasteiger partial charge < -0.3 is 10.5 Å². The highest BCUT2D eigenvalue weighted by Gasteiger charge is 1.98. The van der Waals surface area contributed by atoms with Crippen LogP contribution in [-0.2, 0) is 11.3 Å². The first-order valence-corrected chi connectivity index (χ1v) is 5.64. The summed E-state index contributed by atoms with van der Waals surface area (Å²) in [6, 6.07) is 10.3. The number of benzene rings is 1. The molecule has 1 rings (SSSR count). The van der Waals surface area contributed by atoms with Crippen molar-refractivity contribution in [3.05, 3.63) is 35.9 Å². The van der Waals surface area contributed by atoms with Gasteiger partial charge in [-0.3, -0.25) is 0 Å². The Morgan fingerprint density at radius 2 is 2.00 bits per heavy atom. The fourth-order valence-corrected chi connectivity index (χ4v) is 1.42. The fraction of sp³-hybridized carbons (Fsp3) is 0.538. The third kappa shape index (κ3) is 5.55. The Hall–Kier alpha value is -0.860. The van der Waals surface area contributed by atoms with Crippen LogP contribution in [0, 0.1) is 5.92 Å². The van der Waals surface area contributed by atoms with Gasteiger partial charge in [-0.1, -0.05) is 37.3 Å². The predicted octanol–water partition coefficient (Wildman–Crippen LogP) is 2.58. The molecule has 1 aromatic carbocycles. The zero-order chi connectivity index (χ0) is 10.9. The van der Waals surface area contributed by atoms with E-state index in [1.165, 1.54) is 5.56 Å². The summed E-state index contributed by atoms with van der Waals surface area (Å²) in [6.07, 6.45) is 2.26. The summed E-state index contributed by atoms with van der Waals surface area (Å²) in [7, 11) is 0. The van der Waals surface area contributed by atoms with Crippen molar-refractivity contribution in [1.29, 1.82) is 0 Å². The summed E-state index contributed by atoms with van der Waals surface area (Å²) >= 11 is 0. The van der Waals surface area contributed by atoms with Gasteiger partial charge in [-0.15, -0.1) is 0 Å². The molecular formula is C13H21NO. The summed E-state index contributed by atoms with van der Waals surface area (Å²) in [4.78, 5) is 0. The molecule has 15 heavy (non-hydrogen) atoms. The molecule has 0 aromatic heterocycles. The van der Waals surface area contributed by atoms with Crippen molar-refractivity contribution in [2.45, 2.75) is 26.4 Å². The summed E-state index contributed by atoms with van der Waals surface area (Å²) in [6.45, 7) is 4.51. The largest absolute Gasteiger partial charge is 0.377 e. The molecule has 0 aliphatic carbocycles. The van der Waals surface area contributed by atoms with Crippen molar-refractivity contribution in [2.24, 2.45) is 11.7 Å². The van der Waals surface area contributed by atoms with E-state index in [9.17, 15) is 0 Å². The van der Waals surface area contributed by atoms with Crippen molar-refractivity contribution in [3.8, 4) is 0 Å². The zero-order valence-electron chi connectivity index (χ0n) is 9.49. The average molecular weight is 207 g/mol. The molecule has 0 saturated heterocycles. The second-order valence-corrected chi connectivity index (χ2v) is 4.02. The lowest BCUT2D eigenvalue weighted by molar-refractivity contribution is 0.114. The number of ether oxygens (including phenoxy) is 1. The van der Waals surface area contributed by atoms with Crippen LogP contribution in [0.15, 0.2) is 30.3 Å².